The second kappa shape index (κ2) is 6.94. The summed E-state index contributed by atoms with van der Waals surface area (Å²) >= 11 is 12.2. The number of nitrogens with zero attached hydrogens (tertiary/aromatic N) is 1. The SMILES string of the molecule is CCN(CC(C)(C)CN)C(C)c1ccc(Cl)cc1Cl. The van der Waals surface area contributed by atoms with Crippen LogP contribution in [0.2, 0.25) is 10.0 Å². The van der Waals surface area contributed by atoms with E-state index in [-0.39, 0.29) is 11.5 Å². The maximum Gasteiger partial charge on any atom is 0.0468 e. The highest BCUT2D eigenvalue weighted by Gasteiger charge is 2.24. The Kier molecular flexibility index (Phi) is 6.13. The van der Waals surface area contributed by atoms with E-state index in [2.05, 4.69) is 32.6 Å². The Bertz CT molecular complexity index is 419. The number of hydrogen-bond acceptors (Lipinski definition) is 2. The second-order valence-electron chi connectivity index (χ2n) is 5.77. The molecule has 0 aromatic heterocycles. The fourth-order valence-corrected chi connectivity index (χ4v) is 2.74. The summed E-state index contributed by atoms with van der Waals surface area (Å²) < 4.78 is 0. The number of benzene rings is 1. The topological polar surface area (TPSA) is 29.3 Å². The van der Waals surface area contributed by atoms with Crippen molar-refractivity contribution in [2.24, 2.45) is 11.1 Å². The lowest BCUT2D eigenvalue weighted by Gasteiger charge is -2.35. The van der Waals surface area contributed by atoms with Gasteiger partial charge in [-0.15, -0.1) is 0 Å². The van der Waals surface area contributed by atoms with E-state index in [0.717, 1.165) is 23.7 Å². The molecular formula is C15H24Cl2N2. The van der Waals surface area contributed by atoms with E-state index in [4.69, 9.17) is 28.9 Å². The molecule has 108 valence electrons. The van der Waals surface area contributed by atoms with E-state index >= 15 is 0 Å². The highest BCUT2D eigenvalue weighted by Crippen LogP contribution is 2.31. The third-order valence-electron chi connectivity index (χ3n) is 3.55. The van der Waals surface area contributed by atoms with Crippen LogP contribution in [0.4, 0.5) is 0 Å². The molecule has 0 radical (unpaired) electrons. The van der Waals surface area contributed by atoms with E-state index in [9.17, 15) is 0 Å². The Morgan fingerprint density at radius 2 is 1.95 bits per heavy atom. The monoisotopic (exact) mass is 302 g/mol. The molecule has 1 atom stereocenters. The number of hydrogen-bond donors (Lipinski definition) is 1. The van der Waals surface area contributed by atoms with Crippen LogP contribution in [-0.2, 0) is 0 Å². The molecule has 0 amide bonds. The summed E-state index contributed by atoms with van der Waals surface area (Å²) in [6.07, 6.45) is 0. The van der Waals surface area contributed by atoms with Crippen molar-refractivity contribution in [3.63, 3.8) is 0 Å². The zero-order valence-corrected chi connectivity index (χ0v) is 13.7. The molecule has 0 aliphatic heterocycles. The molecule has 2 nitrogen and oxygen atoms in total. The minimum atomic E-state index is 0.100. The maximum absolute atomic E-state index is 6.29. The summed E-state index contributed by atoms with van der Waals surface area (Å²) in [5, 5.41) is 1.40. The van der Waals surface area contributed by atoms with Gasteiger partial charge in [0, 0.05) is 22.6 Å². The molecular weight excluding hydrogens is 279 g/mol. The zero-order valence-electron chi connectivity index (χ0n) is 12.2. The number of nitrogens with two attached hydrogens (primary N) is 1. The van der Waals surface area contributed by atoms with Gasteiger partial charge in [0.25, 0.3) is 0 Å². The fourth-order valence-electron chi connectivity index (χ4n) is 2.17. The lowest BCUT2D eigenvalue weighted by Crippen LogP contribution is -2.40. The van der Waals surface area contributed by atoms with Crippen molar-refractivity contribution in [1.29, 1.82) is 0 Å². The average Bonchev–Trinajstić information content (AvgIpc) is 2.35. The van der Waals surface area contributed by atoms with Crippen LogP contribution in [-0.4, -0.2) is 24.5 Å². The van der Waals surface area contributed by atoms with Gasteiger partial charge in [-0.2, -0.15) is 0 Å². The fraction of sp³-hybridized carbons (Fsp3) is 0.600. The summed E-state index contributed by atoms with van der Waals surface area (Å²) in [5.41, 5.74) is 7.04. The lowest BCUT2D eigenvalue weighted by atomic mass is 9.92. The molecule has 0 saturated heterocycles. The molecule has 0 bridgehead atoms. The predicted molar refractivity (Wildman–Crippen MR) is 85.0 cm³/mol. The van der Waals surface area contributed by atoms with Gasteiger partial charge in [-0.05, 0) is 43.1 Å². The molecule has 1 aromatic carbocycles. The third kappa shape index (κ3) is 4.64. The van der Waals surface area contributed by atoms with Gasteiger partial charge in [-0.1, -0.05) is 50.0 Å². The normalized spacial score (nSPS) is 13.9. The van der Waals surface area contributed by atoms with Gasteiger partial charge < -0.3 is 5.73 Å². The molecule has 1 rings (SSSR count). The lowest BCUT2D eigenvalue weighted by molar-refractivity contribution is 0.148. The standard InChI is InChI=1S/C15H24Cl2N2/c1-5-19(10-15(3,4)9-18)11(2)13-7-6-12(16)8-14(13)17/h6-8,11H,5,9-10,18H2,1-4H3. The molecule has 0 spiro atoms. The summed E-state index contributed by atoms with van der Waals surface area (Å²) in [7, 11) is 0. The summed E-state index contributed by atoms with van der Waals surface area (Å²) in [5.74, 6) is 0. The number of halogens is 2. The zero-order chi connectivity index (χ0) is 14.6. The van der Waals surface area contributed by atoms with Crippen molar-refractivity contribution in [2.45, 2.75) is 33.7 Å². The van der Waals surface area contributed by atoms with Crippen molar-refractivity contribution in [3.8, 4) is 0 Å². The van der Waals surface area contributed by atoms with Crippen LogP contribution in [0, 0.1) is 5.41 Å². The highest BCUT2D eigenvalue weighted by molar-refractivity contribution is 6.35. The molecule has 0 aliphatic rings. The van der Waals surface area contributed by atoms with Gasteiger partial charge in [0.2, 0.25) is 0 Å². The van der Waals surface area contributed by atoms with Crippen LogP contribution in [0.3, 0.4) is 0 Å². The van der Waals surface area contributed by atoms with Gasteiger partial charge in [-0.25, -0.2) is 0 Å². The van der Waals surface area contributed by atoms with Crippen LogP contribution < -0.4 is 5.73 Å². The predicted octanol–water partition coefficient (Wildman–Crippen LogP) is 4.36. The summed E-state index contributed by atoms with van der Waals surface area (Å²) in [4.78, 5) is 2.39. The smallest absolute Gasteiger partial charge is 0.0468 e. The van der Waals surface area contributed by atoms with Gasteiger partial charge in [0.05, 0.1) is 0 Å². The van der Waals surface area contributed by atoms with Crippen LogP contribution in [0.1, 0.15) is 39.3 Å². The molecule has 1 aromatic rings. The first-order valence-corrected chi connectivity index (χ1v) is 7.45. The van der Waals surface area contributed by atoms with E-state index in [1.165, 1.54) is 0 Å². The molecule has 19 heavy (non-hydrogen) atoms. The number of rotatable bonds is 6. The van der Waals surface area contributed by atoms with Crippen LogP contribution >= 0.6 is 23.2 Å². The first-order valence-electron chi connectivity index (χ1n) is 6.70. The maximum atomic E-state index is 6.29. The highest BCUT2D eigenvalue weighted by atomic mass is 35.5. The summed E-state index contributed by atoms with van der Waals surface area (Å²) in [6, 6.07) is 5.95. The van der Waals surface area contributed by atoms with Crippen LogP contribution in [0.25, 0.3) is 0 Å². The minimum absolute atomic E-state index is 0.100. The minimum Gasteiger partial charge on any atom is -0.330 e. The van der Waals surface area contributed by atoms with Crippen molar-refractivity contribution in [3.05, 3.63) is 33.8 Å². The third-order valence-corrected chi connectivity index (χ3v) is 4.11. The molecule has 0 heterocycles. The van der Waals surface area contributed by atoms with Crippen molar-refractivity contribution >= 4 is 23.2 Å². The van der Waals surface area contributed by atoms with Crippen LogP contribution in [0.15, 0.2) is 18.2 Å². The van der Waals surface area contributed by atoms with E-state index in [1.807, 2.05) is 12.1 Å². The van der Waals surface area contributed by atoms with Crippen LogP contribution in [0.5, 0.6) is 0 Å². The van der Waals surface area contributed by atoms with Crippen molar-refractivity contribution in [2.75, 3.05) is 19.6 Å². The van der Waals surface area contributed by atoms with Crippen molar-refractivity contribution in [1.82, 2.24) is 4.90 Å². The quantitative estimate of drug-likeness (QED) is 0.846. The first kappa shape index (κ1) is 16.8. The van der Waals surface area contributed by atoms with Gasteiger partial charge >= 0.3 is 0 Å². The Morgan fingerprint density at radius 3 is 2.42 bits per heavy atom. The molecule has 0 fully saturated rings. The first-order chi connectivity index (χ1) is 8.80. The summed E-state index contributed by atoms with van der Waals surface area (Å²) in [6.45, 7) is 11.3. The van der Waals surface area contributed by atoms with E-state index in [1.54, 1.807) is 6.07 Å². The molecule has 2 N–H and O–H groups in total. The largest absolute Gasteiger partial charge is 0.330 e. The Hall–Kier alpha value is -0.280. The molecule has 0 saturated carbocycles. The van der Waals surface area contributed by atoms with Crippen molar-refractivity contribution < 1.29 is 0 Å². The molecule has 4 heteroatoms. The van der Waals surface area contributed by atoms with Gasteiger partial charge in [0.15, 0.2) is 0 Å². The molecule has 1 unspecified atom stereocenters. The van der Waals surface area contributed by atoms with E-state index < -0.39 is 0 Å². The van der Waals surface area contributed by atoms with Gasteiger partial charge in [0.1, 0.15) is 0 Å². The van der Waals surface area contributed by atoms with Gasteiger partial charge in [-0.3, -0.25) is 4.90 Å². The Balaban J connectivity index is 2.92. The second-order valence-corrected chi connectivity index (χ2v) is 6.62. The molecule has 0 aliphatic carbocycles. The Labute approximate surface area is 126 Å². The van der Waals surface area contributed by atoms with E-state index in [0.29, 0.717) is 11.6 Å². The Morgan fingerprint density at radius 1 is 1.32 bits per heavy atom. The average molecular weight is 303 g/mol.